The summed E-state index contributed by atoms with van der Waals surface area (Å²) in [6.45, 7) is 1.72. The maximum atomic E-state index is 11.8. The van der Waals surface area contributed by atoms with Crippen LogP contribution in [0.1, 0.15) is 22.2 Å². The van der Waals surface area contributed by atoms with Crippen LogP contribution in [0, 0.1) is 22.7 Å². The number of rotatable bonds is 5. The quantitative estimate of drug-likeness (QED) is 0.609. The summed E-state index contributed by atoms with van der Waals surface area (Å²) in [7, 11) is 0. The van der Waals surface area contributed by atoms with Gasteiger partial charge in [0, 0.05) is 0 Å². The third kappa shape index (κ3) is 2.95. The number of ether oxygens (including phenoxy) is 2. The second-order valence-electron chi connectivity index (χ2n) is 2.91. The highest BCUT2D eigenvalue weighted by Crippen LogP contribution is 2.40. The number of thiophene rings is 1. The van der Waals surface area contributed by atoms with Gasteiger partial charge in [-0.3, -0.25) is 0 Å². The van der Waals surface area contributed by atoms with E-state index in [1.807, 2.05) is 6.07 Å². The third-order valence-corrected chi connectivity index (χ3v) is 4.07. The summed E-state index contributed by atoms with van der Waals surface area (Å²) < 4.78 is 10.8. The van der Waals surface area contributed by atoms with Crippen LogP contribution in [0.4, 0.5) is 0 Å². The summed E-state index contributed by atoms with van der Waals surface area (Å²) in [5.41, 5.74) is 0.237. The first-order valence-electron chi connectivity index (χ1n) is 4.97. The third-order valence-electron chi connectivity index (χ3n) is 1.88. The Kier molecular flexibility index (Phi) is 5.50. The molecule has 18 heavy (non-hydrogen) atoms. The second-order valence-corrected chi connectivity index (χ2v) is 5.00. The summed E-state index contributed by atoms with van der Waals surface area (Å²) in [5, 5.41) is 17.5. The van der Waals surface area contributed by atoms with Crippen LogP contribution < -0.4 is 4.74 Å². The van der Waals surface area contributed by atoms with Gasteiger partial charge >= 0.3 is 5.97 Å². The van der Waals surface area contributed by atoms with Gasteiger partial charge < -0.3 is 9.47 Å². The summed E-state index contributed by atoms with van der Waals surface area (Å²) in [6.07, 6.45) is 1.80. The standard InChI is InChI=1S/C11H10N2O3S2/c1-3-15-10(14)8-9(16-5-4-12)7(6-13)18-11(8)17-2/h3,5H2,1-2H3. The van der Waals surface area contributed by atoms with Crippen LogP contribution in [0.3, 0.4) is 0 Å². The predicted octanol–water partition coefficient (Wildman–Crippen LogP) is 2.42. The first kappa shape index (κ1) is 14.4. The van der Waals surface area contributed by atoms with Crippen molar-refractivity contribution in [2.24, 2.45) is 0 Å². The molecule has 94 valence electrons. The molecule has 0 aliphatic carbocycles. The van der Waals surface area contributed by atoms with Gasteiger partial charge in [-0.15, -0.1) is 23.1 Å². The molecule has 0 aliphatic heterocycles. The Morgan fingerprint density at radius 1 is 1.50 bits per heavy atom. The van der Waals surface area contributed by atoms with Crippen LogP contribution in [-0.4, -0.2) is 25.4 Å². The molecule has 1 aromatic heterocycles. The van der Waals surface area contributed by atoms with Crippen molar-refractivity contribution in [1.29, 1.82) is 10.5 Å². The molecule has 0 aliphatic rings. The van der Waals surface area contributed by atoms with Crippen molar-refractivity contribution in [3.05, 3.63) is 10.4 Å². The van der Waals surface area contributed by atoms with Gasteiger partial charge in [0.2, 0.25) is 0 Å². The van der Waals surface area contributed by atoms with Gasteiger partial charge in [-0.2, -0.15) is 10.5 Å². The molecule has 1 aromatic rings. The smallest absolute Gasteiger partial charge is 0.344 e. The molecule has 0 radical (unpaired) electrons. The van der Waals surface area contributed by atoms with E-state index in [1.54, 1.807) is 19.2 Å². The van der Waals surface area contributed by atoms with E-state index in [1.165, 1.54) is 11.8 Å². The fourth-order valence-electron chi connectivity index (χ4n) is 1.24. The number of hydrogen-bond donors (Lipinski definition) is 0. The van der Waals surface area contributed by atoms with Crippen LogP contribution in [0.15, 0.2) is 4.21 Å². The summed E-state index contributed by atoms with van der Waals surface area (Å²) >= 11 is 2.49. The number of hydrogen-bond acceptors (Lipinski definition) is 7. The lowest BCUT2D eigenvalue weighted by Crippen LogP contribution is -2.07. The van der Waals surface area contributed by atoms with Crippen molar-refractivity contribution in [3.63, 3.8) is 0 Å². The zero-order valence-electron chi connectivity index (χ0n) is 9.85. The van der Waals surface area contributed by atoms with E-state index < -0.39 is 5.97 Å². The van der Waals surface area contributed by atoms with Crippen LogP contribution in [0.2, 0.25) is 0 Å². The first-order valence-corrected chi connectivity index (χ1v) is 7.01. The van der Waals surface area contributed by atoms with Crippen LogP contribution in [-0.2, 0) is 4.74 Å². The van der Waals surface area contributed by atoms with Gasteiger partial charge in [0.15, 0.2) is 12.4 Å². The van der Waals surface area contributed by atoms with E-state index in [9.17, 15) is 4.79 Å². The Labute approximate surface area is 113 Å². The average Bonchev–Trinajstić information content (AvgIpc) is 2.74. The molecule has 0 saturated heterocycles. The Hall–Kier alpha value is -1.70. The van der Waals surface area contributed by atoms with E-state index in [2.05, 4.69) is 0 Å². The Morgan fingerprint density at radius 3 is 2.72 bits per heavy atom. The Bertz CT molecular complexity index is 526. The topological polar surface area (TPSA) is 83.1 Å². The highest BCUT2D eigenvalue weighted by Gasteiger charge is 2.26. The first-order chi connectivity index (χ1) is 8.69. The molecule has 7 heteroatoms. The number of nitrogens with zero attached hydrogens (tertiary/aromatic N) is 2. The van der Waals surface area contributed by atoms with Gasteiger partial charge in [0.25, 0.3) is 0 Å². The highest BCUT2D eigenvalue weighted by molar-refractivity contribution is 8.00. The molecule has 0 saturated carbocycles. The molecule has 1 rings (SSSR count). The van der Waals surface area contributed by atoms with Crippen molar-refractivity contribution >= 4 is 29.1 Å². The van der Waals surface area contributed by atoms with E-state index in [4.69, 9.17) is 20.0 Å². The largest absolute Gasteiger partial charge is 0.476 e. The molecular formula is C11H10N2O3S2. The molecule has 0 atom stereocenters. The number of esters is 1. The zero-order valence-corrected chi connectivity index (χ0v) is 11.5. The minimum Gasteiger partial charge on any atom is -0.476 e. The molecular weight excluding hydrogens is 272 g/mol. The van der Waals surface area contributed by atoms with Crippen molar-refractivity contribution in [1.82, 2.24) is 0 Å². The van der Waals surface area contributed by atoms with E-state index in [-0.39, 0.29) is 29.4 Å². The molecule has 0 aromatic carbocycles. The SMILES string of the molecule is CCOC(=O)c1c(SC)sc(C#N)c1OCC#N. The van der Waals surface area contributed by atoms with Crippen molar-refractivity contribution in [3.8, 4) is 17.9 Å². The molecule has 1 heterocycles. The monoisotopic (exact) mass is 282 g/mol. The lowest BCUT2D eigenvalue weighted by Gasteiger charge is -2.05. The molecule has 5 nitrogen and oxygen atoms in total. The van der Waals surface area contributed by atoms with Crippen LogP contribution >= 0.6 is 23.1 Å². The average molecular weight is 282 g/mol. The normalized spacial score (nSPS) is 9.33. The van der Waals surface area contributed by atoms with Gasteiger partial charge in [0.05, 0.1) is 10.8 Å². The molecule has 0 fully saturated rings. The van der Waals surface area contributed by atoms with Crippen LogP contribution in [0.5, 0.6) is 5.75 Å². The predicted molar refractivity (Wildman–Crippen MR) is 67.9 cm³/mol. The summed E-state index contributed by atoms with van der Waals surface area (Å²) in [4.78, 5) is 12.1. The van der Waals surface area contributed by atoms with Gasteiger partial charge in [-0.25, -0.2) is 4.79 Å². The number of carbonyl (C=O) groups excluding carboxylic acids is 1. The number of carbonyl (C=O) groups is 1. The van der Waals surface area contributed by atoms with E-state index in [0.29, 0.717) is 4.21 Å². The highest BCUT2D eigenvalue weighted by atomic mass is 32.2. The van der Waals surface area contributed by atoms with Crippen molar-refractivity contribution in [2.45, 2.75) is 11.1 Å². The molecule has 0 N–H and O–H groups in total. The molecule has 0 spiro atoms. The molecule has 0 unspecified atom stereocenters. The van der Waals surface area contributed by atoms with Gasteiger partial charge in [-0.05, 0) is 13.2 Å². The lowest BCUT2D eigenvalue weighted by molar-refractivity contribution is 0.0519. The number of thioether (sulfide) groups is 1. The fraction of sp³-hybridized carbons (Fsp3) is 0.364. The maximum absolute atomic E-state index is 11.8. The van der Waals surface area contributed by atoms with E-state index >= 15 is 0 Å². The van der Waals surface area contributed by atoms with Crippen molar-refractivity contribution in [2.75, 3.05) is 19.5 Å². The maximum Gasteiger partial charge on any atom is 0.344 e. The Morgan fingerprint density at radius 2 is 2.22 bits per heavy atom. The van der Waals surface area contributed by atoms with Gasteiger partial charge in [0.1, 0.15) is 22.6 Å². The van der Waals surface area contributed by atoms with Gasteiger partial charge in [-0.1, -0.05) is 0 Å². The lowest BCUT2D eigenvalue weighted by atomic mass is 10.3. The van der Waals surface area contributed by atoms with E-state index in [0.717, 1.165) is 11.3 Å². The molecule has 0 amide bonds. The minimum absolute atomic E-state index is 0.145. The summed E-state index contributed by atoms with van der Waals surface area (Å²) in [5.74, 6) is -0.389. The van der Waals surface area contributed by atoms with Crippen LogP contribution in [0.25, 0.3) is 0 Å². The second kappa shape index (κ2) is 6.90. The number of nitriles is 2. The zero-order chi connectivity index (χ0) is 13.5. The fourth-order valence-corrected chi connectivity index (χ4v) is 2.96. The minimum atomic E-state index is -0.535. The summed E-state index contributed by atoms with van der Waals surface area (Å²) in [6, 6.07) is 3.77. The molecule has 0 bridgehead atoms. The van der Waals surface area contributed by atoms with Crippen molar-refractivity contribution < 1.29 is 14.3 Å². The Balaban J connectivity index is 3.26.